The van der Waals surface area contributed by atoms with Gasteiger partial charge in [0.05, 0.1) is 18.2 Å². The highest BCUT2D eigenvalue weighted by Gasteiger charge is 2.12. The third-order valence-corrected chi connectivity index (χ3v) is 4.61. The Balaban J connectivity index is 1.59. The highest BCUT2D eigenvalue weighted by atomic mass is 16.3. The molecule has 4 rings (SSSR count). The van der Waals surface area contributed by atoms with E-state index in [2.05, 4.69) is 37.8 Å². The summed E-state index contributed by atoms with van der Waals surface area (Å²) in [6.07, 6.45) is 6.52. The number of rotatable bonds is 9. The second-order valence-electron chi connectivity index (χ2n) is 6.76. The third-order valence-electron chi connectivity index (χ3n) is 4.61. The molecule has 0 saturated carbocycles. The van der Waals surface area contributed by atoms with Crippen LogP contribution in [0.25, 0.3) is 23.3 Å². The number of hydrogen-bond donors (Lipinski definition) is 3. The summed E-state index contributed by atoms with van der Waals surface area (Å²) in [6.45, 7) is 1.12. The summed E-state index contributed by atoms with van der Waals surface area (Å²) in [5.74, 6) is 1.17. The lowest BCUT2D eigenvalue weighted by Gasteiger charge is -2.10. The zero-order chi connectivity index (χ0) is 20.6. The van der Waals surface area contributed by atoms with Crippen molar-refractivity contribution in [1.29, 1.82) is 0 Å². The average Bonchev–Trinajstić information content (AvgIpc) is 3.21. The Morgan fingerprint density at radius 3 is 2.43 bits per heavy atom. The maximum atomic E-state index is 9.14. The van der Waals surface area contributed by atoms with E-state index in [-0.39, 0.29) is 6.61 Å². The summed E-state index contributed by atoms with van der Waals surface area (Å²) in [4.78, 5) is 9.17. The summed E-state index contributed by atoms with van der Waals surface area (Å²) >= 11 is 0. The first kappa shape index (κ1) is 19.6. The Kier molecular flexibility index (Phi) is 6.31. The van der Waals surface area contributed by atoms with Gasteiger partial charge in [-0.15, -0.1) is 0 Å². The lowest BCUT2D eigenvalue weighted by molar-refractivity contribution is 0.311. The minimum Gasteiger partial charge on any atom is -0.395 e. The smallest absolute Gasteiger partial charge is 0.226 e. The Hall–Kier alpha value is -3.71. The van der Waals surface area contributed by atoms with Crippen LogP contribution in [0.4, 0.5) is 11.8 Å². The summed E-state index contributed by atoms with van der Waals surface area (Å²) in [5.41, 5.74) is 3.03. The lowest BCUT2D eigenvalue weighted by Crippen LogP contribution is -2.12. The van der Waals surface area contributed by atoms with Crippen molar-refractivity contribution >= 4 is 35.1 Å². The molecule has 2 aromatic carbocycles. The van der Waals surface area contributed by atoms with Crippen molar-refractivity contribution in [1.82, 2.24) is 19.7 Å². The SMILES string of the molecule is OCCNc1nc(NCCc2ccccc2)c2cnn(/C=C/c3ccccc3)c2n1. The number of fused-ring (bicyclic) bond motifs is 1. The Morgan fingerprint density at radius 2 is 1.67 bits per heavy atom. The molecule has 2 heterocycles. The number of nitrogens with zero attached hydrogens (tertiary/aromatic N) is 4. The van der Waals surface area contributed by atoms with E-state index >= 15 is 0 Å². The number of nitrogens with one attached hydrogen (secondary N) is 2. The number of aliphatic hydroxyl groups excluding tert-OH is 1. The van der Waals surface area contributed by atoms with Crippen molar-refractivity contribution in [2.24, 2.45) is 0 Å². The van der Waals surface area contributed by atoms with E-state index in [1.165, 1.54) is 5.56 Å². The monoisotopic (exact) mass is 400 g/mol. The van der Waals surface area contributed by atoms with Crippen molar-refractivity contribution in [3.05, 3.63) is 78.0 Å². The zero-order valence-corrected chi connectivity index (χ0v) is 16.6. The van der Waals surface area contributed by atoms with E-state index in [1.807, 2.05) is 60.8 Å². The third kappa shape index (κ3) is 4.82. The van der Waals surface area contributed by atoms with Crippen LogP contribution in [0, 0.1) is 0 Å². The van der Waals surface area contributed by atoms with Crippen LogP contribution in [0.15, 0.2) is 66.9 Å². The molecule has 7 heteroatoms. The van der Waals surface area contributed by atoms with Gasteiger partial charge in [0.2, 0.25) is 5.95 Å². The summed E-state index contributed by atoms with van der Waals surface area (Å²) in [7, 11) is 0. The van der Waals surface area contributed by atoms with Crippen LogP contribution < -0.4 is 10.6 Å². The van der Waals surface area contributed by atoms with Crippen molar-refractivity contribution in [3.8, 4) is 0 Å². The van der Waals surface area contributed by atoms with Gasteiger partial charge in [-0.2, -0.15) is 15.1 Å². The van der Waals surface area contributed by atoms with Crippen LogP contribution in [0.3, 0.4) is 0 Å². The van der Waals surface area contributed by atoms with Crippen LogP contribution >= 0.6 is 0 Å². The fourth-order valence-electron chi connectivity index (χ4n) is 3.11. The Morgan fingerprint density at radius 1 is 0.900 bits per heavy atom. The van der Waals surface area contributed by atoms with E-state index < -0.39 is 0 Å². The standard InChI is InChI=1S/C23H24N6O/c30-16-14-25-23-27-21(24-13-11-18-7-3-1-4-8-18)20-17-26-29(22(20)28-23)15-12-19-9-5-2-6-10-19/h1-10,12,15,17,30H,11,13-14,16H2,(H2,24,25,27,28)/b15-12+. The summed E-state index contributed by atoms with van der Waals surface area (Å²) in [6, 6.07) is 20.3. The molecular weight excluding hydrogens is 376 g/mol. The molecule has 0 bridgehead atoms. The lowest BCUT2D eigenvalue weighted by atomic mass is 10.1. The van der Waals surface area contributed by atoms with E-state index in [1.54, 1.807) is 10.9 Å². The highest BCUT2D eigenvalue weighted by Crippen LogP contribution is 2.22. The number of hydrogen-bond acceptors (Lipinski definition) is 6. The maximum absolute atomic E-state index is 9.14. The van der Waals surface area contributed by atoms with E-state index in [9.17, 15) is 0 Å². The number of benzene rings is 2. The second kappa shape index (κ2) is 9.67. The molecule has 0 radical (unpaired) electrons. The van der Waals surface area contributed by atoms with Gasteiger partial charge in [-0.1, -0.05) is 60.7 Å². The van der Waals surface area contributed by atoms with Gasteiger partial charge in [-0.05, 0) is 23.6 Å². The molecule has 0 fully saturated rings. The molecule has 0 aliphatic carbocycles. The second-order valence-corrected chi connectivity index (χ2v) is 6.76. The van der Waals surface area contributed by atoms with Crippen molar-refractivity contribution in [2.45, 2.75) is 6.42 Å². The van der Waals surface area contributed by atoms with Crippen LogP contribution in [-0.2, 0) is 6.42 Å². The first-order valence-electron chi connectivity index (χ1n) is 9.94. The fraction of sp³-hybridized carbons (Fsp3) is 0.174. The predicted octanol–water partition coefficient (Wildman–Crippen LogP) is 3.51. The van der Waals surface area contributed by atoms with Gasteiger partial charge >= 0.3 is 0 Å². The van der Waals surface area contributed by atoms with Gasteiger partial charge in [0, 0.05) is 19.3 Å². The topological polar surface area (TPSA) is 87.9 Å². The minimum absolute atomic E-state index is 0.00530. The molecule has 0 saturated heterocycles. The van der Waals surface area contributed by atoms with Crippen molar-refractivity contribution < 1.29 is 5.11 Å². The molecule has 0 atom stereocenters. The first-order chi connectivity index (χ1) is 14.8. The number of anilines is 2. The molecule has 30 heavy (non-hydrogen) atoms. The zero-order valence-electron chi connectivity index (χ0n) is 16.6. The van der Waals surface area contributed by atoms with Gasteiger partial charge in [0.15, 0.2) is 5.65 Å². The molecule has 0 aliphatic rings. The van der Waals surface area contributed by atoms with E-state index in [0.717, 1.165) is 29.7 Å². The molecule has 3 N–H and O–H groups in total. The molecule has 0 aliphatic heterocycles. The predicted molar refractivity (Wildman–Crippen MR) is 121 cm³/mol. The largest absolute Gasteiger partial charge is 0.395 e. The summed E-state index contributed by atoms with van der Waals surface area (Å²) in [5, 5.41) is 20.9. The van der Waals surface area contributed by atoms with Gasteiger partial charge in [-0.25, -0.2) is 4.68 Å². The van der Waals surface area contributed by atoms with Gasteiger partial charge in [0.25, 0.3) is 0 Å². The molecule has 0 spiro atoms. The molecule has 0 amide bonds. The molecule has 152 valence electrons. The normalized spacial score (nSPS) is 11.2. The molecular formula is C23H24N6O. The quantitative estimate of drug-likeness (QED) is 0.398. The van der Waals surface area contributed by atoms with Gasteiger partial charge < -0.3 is 15.7 Å². The van der Waals surface area contributed by atoms with Crippen molar-refractivity contribution in [3.63, 3.8) is 0 Å². The first-order valence-corrected chi connectivity index (χ1v) is 9.94. The Labute approximate surface area is 175 Å². The van der Waals surface area contributed by atoms with Crippen LogP contribution in [0.5, 0.6) is 0 Å². The molecule has 2 aromatic heterocycles. The maximum Gasteiger partial charge on any atom is 0.226 e. The van der Waals surface area contributed by atoms with E-state index in [4.69, 9.17) is 5.11 Å². The molecule has 7 nitrogen and oxygen atoms in total. The van der Waals surface area contributed by atoms with Crippen molar-refractivity contribution in [2.75, 3.05) is 30.3 Å². The number of aliphatic hydroxyl groups is 1. The van der Waals surface area contributed by atoms with E-state index in [0.29, 0.717) is 18.1 Å². The number of aromatic nitrogens is 4. The van der Waals surface area contributed by atoms with Crippen LogP contribution in [0.1, 0.15) is 11.1 Å². The minimum atomic E-state index is 0.00530. The Bertz CT molecular complexity index is 1110. The summed E-state index contributed by atoms with van der Waals surface area (Å²) < 4.78 is 1.73. The molecule has 0 unspecified atom stereocenters. The van der Waals surface area contributed by atoms with Gasteiger partial charge in [0.1, 0.15) is 5.82 Å². The fourth-order valence-corrected chi connectivity index (χ4v) is 3.11. The average molecular weight is 400 g/mol. The highest BCUT2D eigenvalue weighted by molar-refractivity contribution is 5.89. The van der Waals surface area contributed by atoms with Crippen LogP contribution in [-0.4, -0.2) is 44.6 Å². The van der Waals surface area contributed by atoms with Gasteiger partial charge in [-0.3, -0.25) is 0 Å². The van der Waals surface area contributed by atoms with Crippen LogP contribution in [0.2, 0.25) is 0 Å². The molecule has 4 aromatic rings.